The summed E-state index contributed by atoms with van der Waals surface area (Å²) < 4.78 is 7.20. The van der Waals surface area contributed by atoms with E-state index in [0.717, 1.165) is 11.3 Å². The SMILES string of the molecule is Cc1c([C@@H]2OCC[C@@H]2C(=O)O)cnn1C. The summed E-state index contributed by atoms with van der Waals surface area (Å²) in [4.78, 5) is 11.0. The van der Waals surface area contributed by atoms with E-state index in [2.05, 4.69) is 5.10 Å². The average Bonchev–Trinajstić information content (AvgIpc) is 2.75. The fourth-order valence-electron chi connectivity index (χ4n) is 1.94. The maximum Gasteiger partial charge on any atom is 0.309 e. The lowest BCUT2D eigenvalue weighted by Crippen LogP contribution is -2.18. The highest BCUT2D eigenvalue weighted by atomic mass is 16.5. The fourth-order valence-corrected chi connectivity index (χ4v) is 1.94. The molecule has 2 heterocycles. The van der Waals surface area contributed by atoms with Gasteiger partial charge in [0.05, 0.1) is 18.2 Å². The summed E-state index contributed by atoms with van der Waals surface area (Å²) in [6.07, 6.45) is 1.94. The number of aryl methyl sites for hydroxylation is 1. The molecule has 0 amide bonds. The molecule has 0 saturated carbocycles. The molecule has 1 aromatic heterocycles. The van der Waals surface area contributed by atoms with Crippen LogP contribution in [0, 0.1) is 12.8 Å². The van der Waals surface area contributed by atoms with Crippen molar-refractivity contribution in [1.82, 2.24) is 9.78 Å². The Labute approximate surface area is 87.7 Å². The highest BCUT2D eigenvalue weighted by Gasteiger charge is 2.36. The number of ether oxygens (including phenoxy) is 1. The third-order valence-electron chi connectivity index (χ3n) is 2.99. The van der Waals surface area contributed by atoms with Gasteiger partial charge in [0, 0.05) is 24.9 Å². The van der Waals surface area contributed by atoms with Gasteiger partial charge in [-0.25, -0.2) is 0 Å². The number of carboxylic acid groups (broad SMARTS) is 1. The second-order valence-corrected chi connectivity index (χ2v) is 3.83. The van der Waals surface area contributed by atoms with Crippen molar-refractivity contribution in [3.8, 4) is 0 Å². The van der Waals surface area contributed by atoms with Crippen LogP contribution in [0.25, 0.3) is 0 Å². The van der Waals surface area contributed by atoms with Crippen LogP contribution in [0.3, 0.4) is 0 Å². The summed E-state index contributed by atoms with van der Waals surface area (Å²) in [7, 11) is 1.84. The van der Waals surface area contributed by atoms with Gasteiger partial charge in [-0.2, -0.15) is 5.10 Å². The Balaban J connectivity index is 2.30. The van der Waals surface area contributed by atoms with Crippen molar-refractivity contribution in [3.05, 3.63) is 17.5 Å². The minimum atomic E-state index is -0.791. The standard InChI is InChI=1S/C10H14N2O3/c1-6-8(5-11-12(6)2)9-7(10(13)14)3-4-15-9/h5,7,9H,3-4H2,1-2H3,(H,13,14)/t7-,9+/m0/s1. The zero-order valence-corrected chi connectivity index (χ0v) is 8.80. The third kappa shape index (κ3) is 1.63. The summed E-state index contributed by atoms with van der Waals surface area (Å²) in [5, 5.41) is 13.1. The minimum absolute atomic E-state index is 0.337. The number of aliphatic carboxylic acids is 1. The Morgan fingerprint density at radius 3 is 3.00 bits per heavy atom. The Bertz CT molecular complexity index is 386. The molecule has 2 rings (SSSR count). The highest BCUT2D eigenvalue weighted by Crippen LogP contribution is 2.35. The Morgan fingerprint density at radius 1 is 1.73 bits per heavy atom. The summed E-state index contributed by atoms with van der Waals surface area (Å²) >= 11 is 0. The Hall–Kier alpha value is -1.36. The van der Waals surface area contributed by atoms with Crippen molar-refractivity contribution < 1.29 is 14.6 Å². The van der Waals surface area contributed by atoms with E-state index in [1.807, 2.05) is 14.0 Å². The van der Waals surface area contributed by atoms with E-state index in [1.165, 1.54) is 0 Å². The van der Waals surface area contributed by atoms with Gasteiger partial charge in [0.25, 0.3) is 0 Å². The van der Waals surface area contributed by atoms with Crippen molar-refractivity contribution in [1.29, 1.82) is 0 Å². The first-order chi connectivity index (χ1) is 7.11. The van der Waals surface area contributed by atoms with Crippen molar-refractivity contribution >= 4 is 5.97 Å². The fraction of sp³-hybridized carbons (Fsp3) is 0.600. The van der Waals surface area contributed by atoms with E-state index in [-0.39, 0.29) is 6.10 Å². The van der Waals surface area contributed by atoms with E-state index >= 15 is 0 Å². The lowest BCUT2D eigenvalue weighted by molar-refractivity contribution is -0.143. The molecule has 0 bridgehead atoms. The first-order valence-electron chi connectivity index (χ1n) is 4.94. The van der Waals surface area contributed by atoms with Gasteiger partial charge in [-0.3, -0.25) is 9.48 Å². The van der Waals surface area contributed by atoms with Crippen LogP contribution in [0.4, 0.5) is 0 Å². The second-order valence-electron chi connectivity index (χ2n) is 3.83. The second kappa shape index (κ2) is 3.66. The Morgan fingerprint density at radius 2 is 2.47 bits per heavy atom. The van der Waals surface area contributed by atoms with Crippen LogP contribution in [0.15, 0.2) is 6.20 Å². The first kappa shape index (κ1) is 10.2. The number of hydrogen-bond acceptors (Lipinski definition) is 3. The van der Waals surface area contributed by atoms with E-state index in [4.69, 9.17) is 9.84 Å². The average molecular weight is 210 g/mol. The van der Waals surface area contributed by atoms with Crippen LogP contribution in [0.5, 0.6) is 0 Å². The number of aromatic nitrogens is 2. The quantitative estimate of drug-likeness (QED) is 0.787. The lowest BCUT2D eigenvalue weighted by Gasteiger charge is -2.14. The van der Waals surface area contributed by atoms with Crippen LogP contribution in [-0.4, -0.2) is 27.5 Å². The summed E-state index contributed by atoms with van der Waals surface area (Å²) in [6, 6.07) is 0. The van der Waals surface area contributed by atoms with E-state index < -0.39 is 11.9 Å². The van der Waals surface area contributed by atoms with Crippen LogP contribution in [-0.2, 0) is 16.6 Å². The summed E-state index contributed by atoms with van der Waals surface area (Å²) in [5.41, 5.74) is 1.86. The van der Waals surface area contributed by atoms with Gasteiger partial charge in [-0.05, 0) is 13.3 Å². The van der Waals surface area contributed by atoms with Crippen LogP contribution < -0.4 is 0 Å². The Kier molecular flexibility index (Phi) is 2.48. The molecule has 1 saturated heterocycles. The molecule has 1 fully saturated rings. The molecule has 0 radical (unpaired) electrons. The van der Waals surface area contributed by atoms with Crippen LogP contribution in [0.2, 0.25) is 0 Å². The largest absolute Gasteiger partial charge is 0.481 e. The van der Waals surface area contributed by atoms with Gasteiger partial charge in [0.15, 0.2) is 0 Å². The van der Waals surface area contributed by atoms with Crippen LogP contribution >= 0.6 is 0 Å². The number of carbonyl (C=O) groups is 1. The van der Waals surface area contributed by atoms with Gasteiger partial charge in [-0.15, -0.1) is 0 Å². The topological polar surface area (TPSA) is 64.3 Å². The molecule has 0 aromatic carbocycles. The summed E-state index contributed by atoms with van der Waals surface area (Å²) in [5.74, 6) is -1.23. The molecule has 0 unspecified atom stereocenters. The van der Waals surface area contributed by atoms with Gasteiger partial charge in [0.1, 0.15) is 0 Å². The predicted molar refractivity (Wildman–Crippen MR) is 52.4 cm³/mol. The van der Waals surface area contributed by atoms with Gasteiger partial charge < -0.3 is 9.84 Å². The molecule has 5 heteroatoms. The summed E-state index contributed by atoms with van der Waals surface area (Å²) in [6.45, 7) is 2.43. The number of nitrogens with zero attached hydrogens (tertiary/aromatic N) is 2. The van der Waals surface area contributed by atoms with Crippen molar-refractivity contribution in [2.24, 2.45) is 13.0 Å². The highest BCUT2D eigenvalue weighted by molar-refractivity contribution is 5.71. The van der Waals surface area contributed by atoms with Gasteiger partial charge in [-0.1, -0.05) is 0 Å². The minimum Gasteiger partial charge on any atom is -0.481 e. The monoisotopic (exact) mass is 210 g/mol. The van der Waals surface area contributed by atoms with E-state index in [9.17, 15) is 4.79 Å². The lowest BCUT2D eigenvalue weighted by atomic mass is 9.96. The zero-order chi connectivity index (χ0) is 11.0. The molecular weight excluding hydrogens is 196 g/mol. The normalized spacial score (nSPS) is 25.7. The molecule has 1 aliphatic heterocycles. The van der Waals surface area contributed by atoms with Crippen LogP contribution in [0.1, 0.15) is 23.8 Å². The first-order valence-corrected chi connectivity index (χ1v) is 4.94. The van der Waals surface area contributed by atoms with Crippen molar-refractivity contribution in [2.75, 3.05) is 6.61 Å². The van der Waals surface area contributed by atoms with Gasteiger partial charge >= 0.3 is 5.97 Å². The van der Waals surface area contributed by atoms with Crippen molar-refractivity contribution in [3.63, 3.8) is 0 Å². The number of carboxylic acids is 1. The maximum absolute atomic E-state index is 11.0. The molecule has 2 atom stereocenters. The predicted octanol–water partition coefficient (Wildman–Crippen LogP) is 0.891. The smallest absolute Gasteiger partial charge is 0.309 e. The molecule has 15 heavy (non-hydrogen) atoms. The molecule has 5 nitrogen and oxygen atoms in total. The third-order valence-corrected chi connectivity index (χ3v) is 2.99. The molecule has 0 aliphatic carbocycles. The molecule has 82 valence electrons. The van der Waals surface area contributed by atoms with Crippen molar-refractivity contribution in [2.45, 2.75) is 19.4 Å². The molecule has 1 N–H and O–H groups in total. The van der Waals surface area contributed by atoms with E-state index in [0.29, 0.717) is 13.0 Å². The molecule has 1 aliphatic rings. The maximum atomic E-state index is 11.0. The molecule has 0 spiro atoms. The zero-order valence-electron chi connectivity index (χ0n) is 8.80. The number of hydrogen-bond donors (Lipinski definition) is 1. The number of rotatable bonds is 2. The molecular formula is C10H14N2O3. The van der Waals surface area contributed by atoms with Gasteiger partial charge in [0.2, 0.25) is 0 Å². The molecule has 1 aromatic rings. The van der Waals surface area contributed by atoms with E-state index in [1.54, 1.807) is 10.9 Å².